The average Bonchev–Trinajstić information content (AvgIpc) is 1.92. The summed E-state index contributed by atoms with van der Waals surface area (Å²) in [5.41, 5.74) is 0. The quantitative estimate of drug-likeness (QED) is 0.372. The Morgan fingerprint density at radius 1 is 0.778 bits per heavy atom. The van der Waals surface area contributed by atoms with Crippen molar-refractivity contribution in [2.75, 3.05) is 0 Å². The topological polar surface area (TPSA) is 0 Å². The van der Waals surface area contributed by atoms with Gasteiger partial charge in [0, 0.05) is 7.11 Å². The molecule has 0 N–H and O–H groups in total. The van der Waals surface area contributed by atoms with Crippen LogP contribution >= 0.6 is 0 Å². The summed E-state index contributed by atoms with van der Waals surface area (Å²) in [6.07, 6.45) is 0. The average molecular weight is 239 g/mol. The van der Waals surface area contributed by atoms with Gasteiger partial charge in [0.05, 0.1) is 0 Å². The van der Waals surface area contributed by atoms with Gasteiger partial charge in [-0.3, -0.25) is 0 Å². The summed E-state index contributed by atoms with van der Waals surface area (Å²) in [6, 6.07) is 0. The lowest BCUT2D eigenvalue weighted by Crippen LogP contribution is -2.46. The lowest BCUT2D eigenvalue weighted by molar-refractivity contribution is 2.05. The van der Waals surface area contributed by atoms with E-state index in [1.54, 1.807) is 0 Å². The summed E-state index contributed by atoms with van der Waals surface area (Å²) >= 11 is 0. The van der Waals surface area contributed by atoms with Crippen molar-refractivity contribution in [3.8, 4) is 0 Å². The molecular weight excluding hydrogens is 221 g/mol. The monoisotopic (exact) mass is 238 g/mol. The third-order valence-corrected chi connectivity index (χ3v) is 145. The third kappa shape index (κ3) is 3.43. The summed E-state index contributed by atoms with van der Waals surface area (Å²) < 4.78 is 0. The summed E-state index contributed by atoms with van der Waals surface area (Å²) in [5.74, 6) is 0. The van der Waals surface area contributed by atoms with Crippen molar-refractivity contribution in [3.05, 3.63) is 0 Å². The molecular formula is C2H18Si7. The molecule has 9 heavy (non-hydrogen) atoms. The zero-order chi connectivity index (χ0) is 6.74. The Kier molecular flexibility index (Phi) is 3.62. The van der Waals surface area contributed by atoms with Crippen LogP contribution in [0.25, 0.3) is 0 Å². The van der Waals surface area contributed by atoms with Crippen LogP contribution in [0.15, 0.2) is 0 Å². The van der Waals surface area contributed by atoms with Crippen molar-refractivity contribution in [2.45, 2.75) is 13.1 Å². The molecule has 1 aliphatic heterocycles. The fourth-order valence-electron chi connectivity index (χ4n) is 1.69. The lowest BCUT2D eigenvalue weighted by atomic mass is 11.9. The van der Waals surface area contributed by atoms with Gasteiger partial charge in [-0.15, -0.1) is 0 Å². The van der Waals surface area contributed by atoms with E-state index >= 15 is 0 Å². The minimum absolute atomic E-state index is 0.170. The molecule has 0 aliphatic carbocycles. The fourth-order valence-corrected chi connectivity index (χ4v) is 295. The van der Waals surface area contributed by atoms with Gasteiger partial charge in [0.2, 0.25) is 0 Å². The minimum Gasteiger partial charge on any atom is -0.0745 e. The van der Waals surface area contributed by atoms with E-state index in [4.69, 9.17) is 0 Å². The van der Waals surface area contributed by atoms with E-state index in [1.807, 2.05) is 0 Å². The van der Waals surface area contributed by atoms with E-state index in [0.717, 1.165) is 51.3 Å². The van der Waals surface area contributed by atoms with Gasteiger partial charge in [0.25, 0.3) is 0 Å². The maximum atomic E-state index is 2.78. The van der Waals surface area contributed by atoms with E-state index < -0.39 is 0 Å². The maximum absolute atomic E-state index is 2.78. The molecule has 0 radical (unpaired) electrons. The molecule has 0 atom stereocenters. The van der Waals surface area contributed by atoms with Gasteiger partial charge in [-0.05, 0) is 51.3 Å². The van der Waals surface area contributed by atoms with Crippen LogP contribution in [0.2, 0.25) is 13.1 Å². The second kappa shape index (κ2) is 3.78. The van der Waals surface area contributed by atoms with E-state index in [2.05, 4.69) is 13.1 Å². The zero-order valence-corrected chi connectivity index (χ0v) is 16.2. The molecule has 0 aromatic heterocycles. The molecule has 0 nitrogen and oxygen atoms in total. The maximum Gasteiger partial charge on any atom is 0.0155 e. The molecule has 7 heteroatoms. The van der Waals surface area contributed by atoms with E-state index in [0.29, 0.717) is 0 Å². The number of hydrogen-bond donors (Lipinski definition) is 0. The summed E-state index contributed by atoms with van der Waals surface area (Å²) in [5, 5.41) is 0. The van der Waals surface area contributed by atoms with Crippen LogP contribution in [0.1, 0.15) is 0 Å². The van der Waals surface area contributed by atoms with Crippen LogP contribution in [-0.2, 0) is 0 Å². The van der Waals surface area contributed by atoms with Gasteiger partial charge in [0.15, 0.2) is 0 Å². The Labute approximate surface area is 71.4 Å². The smallest absolute Gasteiger partial charge is 0.0155 e. The first kappa shape index (κ1) is 8.61. The predicted molar refractivity (Wildman–Crippen MR) is 68.7 cm³/mol. The minimum atomic E-state index is -0.170. The molecule has 1 heterocycles. The Bertz CT molecular complexity index is 78.9. The van der Waals surface area contributed by atoms with Gasteiger partial charge >= 0.3 is 0 Å². The molecule has 0 saturated carbocycles. The van der Waals surface area contributed by atoms with Crippen LogP contribution in [0.4, 0.5) is 0 Å². The van der Waals surface area contributed by atoms with Gasteiger partial charge in [-0.2, -0.15) is 0 Å². The second-order valence-corrected chi connectivity index (χ2v) is 72.7. The summed E-state index contributed by atoms with van der Waals surface area (Å²) in [7, 11) is 4.81. The molecule has 1 rings (SSSR count). The van der Waals surface area contributed by atoms with Crippen LogP contribution in [0.3, 0.4) is 0 Å². The highest BCUT2D eigenvalue weighted by atomic mass is 30.1. The molecule has 0 bridgehead atoms. The first-order valence-electron chi connectivity index (χ1n) is 4.21. The third-order valence-electron chi connectivity index (χ3n) is 2.46. The van der Waals surface area contributed by atoms with E-state index in [1.165, 1.54) is 0 Å². The highest BCUT2D eigenvalue weighted by Crippen LogP contribution is 1.95. The van der Waals surface area contributed by atoms with Crippen LogP contribution < -0.4 is 0 Å². The Morgan fingerprint density at radius 2 is 1.22 bits per heavy atom. The Balaban J connectivity index is 2.36. The van der Waals surface area contributed by atoms with Crippen LogP contribution in [0, 0.1) is 0 Å². The first-order chi connectivity index (χ1) is 4.21. The molecule has 0 aromatic carbocycles. The standard InChI is InChI=1S/C2H18Si7/c1-9(2)7-5-3-4-6-8-9/h3-8H2,1-2H3. The number of hydrogen-bond acceptors (Lipinski definition) is 0. The van der Waals surface area contributed by atoms with Crippen molar-refractivity contribution in [1.82, 2.24) is 0 Å². The Hall–Kier alpha value is 1.52. The molecule has 1 saturated heterocycles. The summed E-state index contributed by atoms with van der Waals surface area (Å²) in [6.45, 7) is 5.55. The molecule has 1 fully saturated rings. The molecule has 0 aromatic rings. The first-order valence-corrected chi connectivity index (χ1v) is 31.9. The largest absolute Gasteiger partial charge is 0.0745 e. The van der Waals surface area contributed by atoms with Gasteiger partial charge < -0.3 is 0 Å². The van der Waals surface area contributed by atoms with Crippen molar-refractivity contribution in [2.24, 2.45) is 0 Å². The van der Waals surface area contributed by atoms with Crippen LogP contribution in [0.5, 0.6) is 0 Å². The van der Waals surface area contributed by atoms with E-state index in [-0.39, 0.29) is 7.11 Å². The van der Waals surface area contributed by atoms with Crippen molar-refractivity contribution in [1.29, 1.82) is 0 Å². The highest BCUT2D eigenvalue weighted by molar-refractivity contribution is 7.83. The fraction of sp³-hybridized carbons (Fsp3) is 1.00. The van der Waals surface area contributed by atoms with E-state index in [9.17, 15) is 0 Å². The van der Waals surface area contributed by atoms with Crippen molar-refractivity contribution in [3.63, 3.8) is 0 Å². The number of rotatable bonds is 0. The van der Waals surface area contributed by atoms with Crippen LogP contribution in [-0.4, -0.2) is 58.4 Å². The summed E-state index contributed by atoms with van der Waals surface area (Å²) in [4.78, 5) is 0. The second-order valence-electron chi connectivity index (χ2n) is 4.08. The molecule has 0 spiro atoms. The molecule has 0 unspecified atom stereocenters. The highest BCUT2D eigenvalue weighted by Gasteiger charge is 2.22. The van der Waals surface area contributed by atoms with Gasteiger partial charge in [-0.25, -0.2) is 0 Å². The molecule has 54 valence electrons. The normalized spacial score (nSPS) is 43.3. The predicted octanol–water partition coefficient (Wildman–Crippen LogP) is -4.71. The van der Waals surface area contributed by atoms with Gasteiger partial charge in [-0.1, -0.05) is 13.1 Å². The van der Waals surface area contributed by atoms with Gasteiger partial charge in [0.1, 0.15) is 0 Å². The Morgan fingerprint density at radius 3 is 1.67 bits per heavy atom. The lowest BCUT2D eigenvalue weighted by Gasteiger charge is -2.17. The SMILES string of the molecule is C[Si]1(C)[SiH2][SiH2][SiH2][SiH2][SiH2][SiH2]1. The molecule has 0 amide bonds. The van der Waals surface area contributed by atoms with Crippen molar-refractivity contribution < 1.29 is 0 Å². The zero-order valence-electron chi connectivity index (χ0n) is 6.74. The van der Waals surface area contributed by atoms with Crippen molar-refractivity contribution >= 4 is 58.4 Å². The molecule has 1 aliphatic rings.